The van der Waals surface area contributed by atoms with E-state index >= 15 is 0 Å². The van der Waals surface area contributed by atoms with E-state index in [1.165, 1.54) is 0 Å². The maximum absolute atomic E-state index is 10.7. The summed E-state index contributed by atoms with van der Waals surface area (Å²) >= 11 is 35.2. The number of alkyl halides is 6. The molecule has 0 aromatic heterocycles. The minimum absolute atomic E-state index is 0.442. The second-order valence-electron chi connectivity index (χ2n) is 4.53. The second-order valence-corrected chi connectivity index (χ2v) is 9.27. The summed E-state index contributed by atoms with van der Waals surface area (Å²) in [7, 11) is 0. The highest BCUT2D eigenvalue weighted by Gasteiger charge is 2.42. The Morgan fingerprint density at radius 2 is 1.00 bits per heavy atom. The van der Waals surface area contributed by atoms with E-state index < -0.39 is 19.9 Å². The molecule has 1 heterocycles. The fraction of sp³-hybridized carbons (Fsp3) is 0.800. The first-order valence-corrected chi connectivity index (χ1v) is 8.39. The molecular weight excluding hydrogens is 421 g/mol. The van der Waals surface area contributed by atoms with Crippen molar-refractivity contribution in [3.05, 3.63) is 0 Å². The van der Waals surface area contributed by atoms with Crippen LogP contribution in [0.15, 0.2) is 0 Å². The Hall–Kier alpha value is 0.600. The predicted octanol–water partition coefficient (Wildman–Crippen LogP) is 1.49. The maximum atomic E-state index is 10.7. The Balaban J connectivity index is 2.72. The van der Waals surface area contributed by atoms with Gasteiger partial charge >= 0.3 is 0 Å². The number of nitrogens with zero attached hydrogens (tertiary/aromatic N) is 2. The van der Waals surface area contributed by atoms with Crippen LogP contribution in [0.5, 0.6) is 0 Å². The summed E-state index contributed by atoms with van der Waals surface area (Å²) < 4.78 is -3.36. The van der Waals surface area contributed by atoms with Crippen LogP contribution in [0.1, 0.15) is 0 Å². The van der Waals surface area contributed by atoms with Crippen LogP contribution < -0.4 is 10.6 Å². The Morgan fingerprint density at radius 3 is 1.18 bits per heavy atom. The van der Waals surface area contributed by atoms with Crippen molar-refractivity contribution in [3.8, 4) is 0 Å². The van der Waals surface area contributed by atoms with Gasteiger partial charge in [0.25, 0.3) is 0 Å². The van der Waals surface area contributed by atoms with Gasteiger partial charge in [0.15, 0.2) is 0 Å². The molecule has 1 aliphatic heterocycles. The van der Waals surface area contributed by atoms with Gasteiger partial charge in [0.1, 0.15) is 12.3 Å². The highest BCUT2D eigenvalue weighted by molar-refractivity contribution is 6.68. The number of carbonyl (C=O) groups is 2. The molecule has 2 amide bonds. The quantitative estimate of drug-likeness (QED) is 0.491. The van der Waals surface area contributed by atoms with Gasteiger partial charge in [-0.1, -0.05) is 69.6 Å². The summed E-state index contributed by atoms with van der Waals surface area (Å²) in [6.07, 6.45) is -0.613. The van der Waals surface area contributed by atoms with Crippen molar-refractivity contribution in [2.45, 2.75) is 19.9 Å². The number of nitrogens with one attached hydrogen (secondary N) is 2. The molecule has 0 bridgehead atoms. The molecular formula is C10H14Cl6N4O2. The third-order valence-electron chi connectivity index (χ3n) is 3.15. The van der Waals surface area contributed by atoms with Gasteiger partial charge in [0.2, 0.25) is 20.4 Å². The Kier molecular flexibility index (Phi) is 8.09. The van der Waals surface area contributed by atoms with E-state index in [0.29, 0.717) is 39.0 Å². The number of piperazine rings is 1. The summed E-state index contributed by atoms with van der Waals surface area (Å²) in [5.41, 5.74) is 0. The highest BCUT2D eigenvalue weighted by atomic mass is 35.6. The number of hydrogen-bond acceptors (Lipinski definition) is 4. The van der Waals surface area contributed by atoms with Crippen LogP contribution in [-0.2, 0) is 9.59 Å². The van der Waals surface area contributed by atoms with Gasteiger partial charge in [0, 0.05) is 26.2 Å². The fourth-order valence-electron chi connectivity index (χ4n) is 2.20. The molecule has 1 aliphatic rings. The van der Waals surface area contributed by atoms with Crippen molar-refractivity contribution >= 4 is 82.4 Å². The monoisotopic (exact) mass is 432 g/mol. The summed E-state index contributed by atoms with van der Waals surface area (Å²) in [4.78, 5) is 24.9. The number of rotatable bonds is 6. The minimum Gasteiger partial charge on any atom is -0.339 e. The van der Waals surface area contributed by atoms with Gasteiger partial charge in [-0.05, 0) is 0 Å². The van der Waals surface area contributed by atoms with Crippen LogP contribution in [0, 0.1) is 0 Å². The maximum Gasteiger partial charge on any atom is 0.223 e. The van der Waals surface area contributed by atoms with Crippen LogP contribution in [0.3, 0.4) is 0 Å². The largest absolute Gasteiger partial charge is 0.339 e. The van der Waals surface area contributed by atoms with Crippen LogP contribution in [-0.4, -0.2) is 68.7 Å². The summed E-state index contributed by atoms with van der Waals surface area (Å²) in [5.74, 6) is 0. The lowest BCUT2D eigenvalue weighted by atomic mass is 10.2. The Morgan fingerprint density at radius 1 is 0.727 bits per heavy atom. The first kappa shape index (κ1) is 20.6. The molecule has 6 nitrogen and oxygen atoms in total. The Labute approximate surface area is 158 Å². The van der Waals surface area contributed by atoms with Crippen LogP contribution >= 0.6 is 69.6 Å². The number of carbonyl (C=O) groups excluding carboxylic acids is 2. The molecule has 0 saturated carbocycles. The average molecular weight is 435 g/mol. The van der Waals surface area contributed by atoms with Gasteiger partial charge in [-0.25, -0.2) is 0 Å². The van der Waals surface area contributed by atoms with Gasteiger partial charge in [-0.2, -0.15) is 0 Å². The van der Waals surface area contributed by atoms with Gasteiger partial charge in [0.05, 0.1) is 0 Å². The lowest BCUT2D eigenvalue weighted by molar-refractivity contribution is -0.113. The smallest absolute Gasteiger partial charge is 0.223 e. The van der Waals surface area contributed by atoms with Gasteiger partial charge in [-0.3, -0.25) is 19.4 Å². The molecule has 1 rings (SSSR count). The van der Waals surface area contributed by atoms with Gasteiger partial charge < -0.3 is 10.6 Å². The zero-order valence-electron chi connectivity index (χ0n) is 11.1. The van der Waals surface area contributed by atoms with Crippen molar-refractivity contribution in [1.29, 1.82) is 0 Å². The lowest BCUT2D eigenvalue weighted by Crippen LogP contribution is -2.63. The molecule has 0 aromatic carbocycles. The Bertz CT molecular complexity index is 345. The van der Waals surface area contributed by atoms with Crippen molar-refractivity contribution in [1.82, 2.24) is 20.4 Å². The SMILES string of the molecule is O=CN[C@H](N1CCN([C@H](NC=O)C(Cl)(Cl)Cl)CC1)C(Cl)(Cl)Cl. The summed E-state index contributed by atoms with van der Waals surface area (Å²) in [5, 5.41) is 4.95. The molecule has 0 aromatic rings. The molecule has 22 heavy (non-hydrogen) atoms. The van der Waals surface area contributed by atoms with Crippen molar-refractivity contribution in [3.63, 3.8) is 0 Å². The third kappa shape index (κ3) is 5.91. The number of halogens is 6. The van der Waals surface area contributed by atoms with Crippen LogP contribution in [0.25, 0.3) is 0 Å². The summed E-state index contributed by atoms with van der Waals surface area (Å²) in [6, 6.07) is 0. The molecule has 12 heteroatoms. The molecule has 1 saturated heterocycles. The third-order valence-corrected chi connectivity index (χ3v) is 4.39. The average Bonchev–Trinajstić information content (AvgIpc) is 2.40. The topological polar surface area (TPSA) is 64.7 Å². The first-order valence-electron chi connectivity index (χ1n) is 6.12. The van der Waals surface area contributed by atoms with Crippen LogP contribution in [0.2, 0.25) is 0 Å². The molecule has 0 spiro atoms. The zero-order chi connectivity index (χ0) is 17.0. The summed E-state index contributed by atoms with van der Waals surface area (Å²) in [6.45, 7) is 1.77. The van der Waals surface area contributed by atoms with E-state index in [1.54, 1.807) is 9.80 Å². The van der Waals surface area contributed by atoms with Crippen LogP contribution in [0.4, 0.5) is 0 Å². The molecule has 128 valence electrons. The van der Waals surface area contributed by atoms with E-state index in [-0.39, 0.29) is 0 Å². The van der Waals surface area contributed by atoms with Crippen molar-refractivity contribution in [2.24, 2.45) is 0 Å². The van der Waals surface area contributed by atoms with Gasteiger partial charge in [-0.15, -0.1) is 0 Å². The fourth-order valence-corrected chi connectivity index (χ4v) is 3.40. The molecule has 2 atom stereocenters. The van der Waals surface area contributed by atoms with E-state index in [4.69, 9.17) is 69.6 Å². The van der Waals surface area contributed by atoms with E-state index in [0.717, 1.165) is 0 Å². The lowest BCUT2D eigenvalue weighted by Gasteiger charge is -2.44. The highest BCUT2D eigenvalue weighted by Crippen LogP contribution is 2.34. The number of amides is 2. The predicted molar refractivity (Wildman–Crippen MR) is 89.7 cm³/mol. The van der Waals surface area contributed by atoms with E-state index in [1.807, 2.05) is 0 Å². The van der Waals surface area contributed by atoms with Crippen molar-refractivity contribution in [2.75, 3.05) is 26.2 Å². The van der Waals surface area contributed by atoms with E-state index in [2.05, 4.69) is 10.6 Å². The minimum atomic E-state index is -1.68. The zero-order valence-corrected chi connectivity index (χ0v) is 15.7. The van der Waals surface area contributed by atoms with E-state index in [9.17, 15) is 9.59 Å². The first-order chi connectivity index (χ1) is 10.1. The standard InChI is InChI=1S/C10H14Cl6N4O2/c11-9(12,13)7(17-5-21)19-1-2-20(4-3-19)8(18-6-22)10(14,15)16/h5-8H,1-4H2,(H,17,21)(H,18,22)/t7-,8+. The molecule has 0 radical (unpaired) electrons. The molecule has 2 N–H and O–H groups in total. The number of hydrogen-bond donors (Lipinski definition) is 2. The molecule has 0 aliphatic carbocycles. The van der Waals surface area contributed by atoms with Crippen molar-refractivity contribution < 1.29 is 9.59 Å². The normalized spacial score (nSPS) is 21.0. The molecule has 1 fully saturated rings. The second kappa shape index (κ2) is 8.62. The molecule has 0 unspecified atom stereocenters.